The summed E-state index contributed by atoms with van der Waals surface area (Å²) in [5, 5.41) is 15.3. The molecule has 3 rings (SSSR count). The molecule has 0 aromatic heterocycles. The van der Waals surface area contributed by atoms with Crippen LogP contribution in [0.15, 0.2) is 47.4 Å². The molecule has 3 atom stereocenters. The standard InChI is InChI=1S/C27H38N4O7S/c1-17(2)28-27(34)29-20-7-12-24-23(13-20)26(33)31(19(4)16-32)14-18(3)25(38-24)15-30(5)39(35,36)22-10-8-21(37-6)9-11-22/h7-13,17-19,25,32H,14-16H2,1-6H3,(H2,28,29,34)/t18-,19-,25+/m0/s1. The van der Waals surface area contributed by atoms with Crippen molar-refractivity contribution in [2.24, 2.45) is 5.92 Å². The SMILES string of the molecule is COc1ccc(S(=O)(=O)N(C)C[C@H]2Oc3ccc(NC(=O)NC(C)C)cc3C(=O)N([C@@H](C)CO)C[C@@H]2C)cc1. The van der Waals surface area contributed by atoms with E-state index in [1.807, 2.05) is 20.8 Å². The van der Waals surface area contributed by atoms with Crippen LogP contribution in [0.5, 0.6) is 11.5 Å². The minimum absolute atomic E-state index is 0.0152. The lowest BCUT2D eigenvalue weighted by Gasteiger charge is -2.38. The van der Waals surface area contributed by atoms with E-state index in [4.69, 9.17) is 9.47 Å². The van der Waals surface area contributed by atoms with Gasteiger partial charge in [0.1, 0.15) is 17.6 Å². The van der Waals surface area contributed by atoms with Gasteiger partial charge >= 0.3 is 6.03 Å². The number of carbonyl (C=O) groups is 2. The molecule has 2 aromatic carbocycles. The Morgan fingerprint density at radius 1 is 1.21 bits per heavy atom. The number of nitrogens with one attached hydrogen (secondary N) is 2. The molecule has 0 saturated carbocycles. The number of hydrogen-bond donors (Lipinski definition) is 3. The monoisotopic (exact) mass is 562 g/mol. The summed E-state index contributed by atoms with van der Waals surface area (Å²) in [7, 11) is -0.851. The number of hydrogen-bond acceptors (Lipinski definition) is 7. The molecule has 0 spiro atoms. The van der Waals surface area contributed by atoms with Gasteiger partial charge in [0.2, 0.25) is 10.0 Å². The molecule has 39 heavy (non-hydrogen) atoms. The summed E-state index contributed by atoms with van der Waals surface area (Å²) in [6, 6.07) is 9.88. The molecule has 2 aromatic rings. The van der Waals surface area contributed by atoms with Gasteiger partial charge in [-0.05, 0) is 63.2 Å². The topological polar surface area (TPSA) is 138 Å². The van der Waals surface area contributed by atoms with Crippen molar-refractivity contribution in [3.63, 3.8) is 0 Å². The minimum Gasteiger partial charge on any atom is -0.497 e. The second-order valence-electron chi connectivity index (χ2n) is 10.0. The summed E-state index contributed by atoms with van der Waals surface area (Å²) < 4.78 is 39.2. The van der Waals surface area contributed by atoms with Crippen molar-refractivity contribution in [2.75, 3.05) is 39.2 Å². The van der Waals surface area contributed by atoms with Crippen molar-refractivity contribution in [3.8, 4) is 11.5 Å². The van der Waals surface area contributed by atoms with Crippen LogP contribution in [0.3, 0.4) is 0 Å². The lowest BCUT2D eigenvalue weighted by Crippen LogP contribution is -2.50. The summed E-state index contributed by atoms with van der Waals surface area (Å²) in [5.74, 6) is 0.170. The molecule has 0 unspecified atom stereocenters. The normalized spacial score (nSPS) is 18.6. The van der Waals surface area contributed by atoms with Gasteiger partial charge in [-0.25, -0.2) is 13.2 Å². The van der Waals surface area contributed by atoms with E-state index in [9.17, 15) is 23.1 Å². The highest BCUT2D eigenvalue weighted by Gasteiger charge is 2.35. The highest BCUT2D eigenvalue weighted by Crippen LogP contribution is 2.31. The van der Waals surface area contributed by atoms with Crippen molar-refractivity contribution in [3.05, 3.63) is 48.0 Å². The van der Waals surface area contributed by atoms with Crippen LogP contribution in [0.1, 0.15) is 38.1 Å². The average Bonchev–Trinajstić information content (AvgIpc) is 2.89. The maximum Gasteiger partial charge on any atom is 0.319 e. The molecule has 0 aliphatic carbocycles. The number of likely N-dealkylation sites (N-methyl/N-ethyl adjacent to an activating group) is 1. The Morgan fingerprint density at radius 3 is 2.46 bits per heavy atom. The van der Waals surface area contributed by atoms with Crippen LogP contribution in [-0.4, -0.2) is 86.7 Å². The number of urea groups is 1. The van der Waals surface area contributed by atoms with Gasteiger partial charge in [0, 0.05) is 31.2 Å². The van der Waals surface area contributed by atoms with Gasteiger partial charge in [-0.2, -0.15) is 4.31 Å². The van der Waals surface area contributed by atoms with Gasteiger partial charge < -0.3 is 30.1 Å². The third-order valence-electron chi connectivity index (χ3n) is 6.55. The van der Waals surface area contributed by atoms with Crippen molar-refractivity contribution >= 4 is 27.6 Å². The summed E-state index contributed by atoms with van der Waals surface area (Å²) in [6.45, 7) is 7.27. The largest absolute Gasteiger partial charge is 0.497 e. The maximum absolute atomic E-state index is 13.6. The Hall–Kier alpha value is -3.35. The number of nitrogens with zero attached hydrogens (tertiary/aromatic N) is 2. The van der Waals surface area contributed by atoms with Crippen molar-refractivity contribution < 1.29 is 32.6 Å². The fourth-order valence-corrected chi connectivity index (χ4v) is 5.41. The van der Waals surface area contributed by atoms with Crippen molar-refractivity contribution in [1.29, 1.82) is 0 Å². The van der Waals surface area contributed by atoms with E-state index in [2.05, 4.69) is 10.6 Å². The van der Waals surface area contributed by atoms with Crippen LogP contribution in [-0.2, 0) is 10.0 Å². The zero-order valence-electron chi connectivity index (χ0n) is 23.2. The second-order valence-corrected chi connectivity index (χ2v) is 12.1. The molecule has 11 nitrogen and oxygen atoms in total. The number of ether oxygens (including phenoxy) is 2. The zero-order valence-corrected chi connectivity index (χ0v) is 24.0. The molecule has 3 N–H and O–H groups in total. The first kappa shape index (κ1) is 30.2. The first-order valence-electron chi connectivity index (χ1n) is 12.8. The van der Waals surface area contributed by atoms with E-state index in [-0.39, 0.29) is 53.8 Å². The Kier molecular flexibility index (Phi) is 9.81. The van der Waals surface area contributed by atoms with E-state index in [0.717, 1.165) is 0 Å². The minimum atomic E-state index is -3.84. The lowest BCUT2D eigenvalue weighted by atomic mass is 9.99. The number of fused-ring (bicyclic) bond motifs is 1. The zero-order chi connectivity index (χ0) is 28.9. The Bertz CT molecular complexity index is 1270. The molecule has 3 amide bonds. The second kappa shape index (κ2) is 12.7. The Morgan fingerprint density at radius 2 is 1.87 bits per heavy atom. The Balaban J connectivity index is 1.93. The van der Waals surface area contributed by atoms with E-state index < -0.39 is 28.2 Å². The van der Waals surface area contributed by atoms with E-state index in [0.29, 0.717) is 11.4 Å². The Labute approximate surface area is 230 Å². The number of methoxy groups -OCH3 is 1. The number of sulfonamides is 1. The van der Waals surface area contributed by atoms with Crippen LogP contribution < -0.4 is 20.1 Å². The fourth-order valence-electron chi connectivity index (χ4n) is 4.23. The molecule has 0 fully saturated rings. The molecule has 12 heteroatoms. The smallest absolute Gasteiger partial charge is 0.319 e. The van der Waals surface area contributed by atoms with Gasteiger partial charge in [-0.1, -0.05) is 6.92 Å². The third-order valence-corrected chi connectivity index (χ3v) is 8.38. The number of aliphatic hydroxyl groups is 1. The summed E-state index contributed by atoms with van der Waals surface area (Å²) in [4.78, 5) is 27.5. The lowest BCUT2D eigenvalue weighted by molar-refractivity contribution is 0.0387. The van der Waals surface area contributed by atoms with Crippen LogP contribution in [0.25, 0.3) is 0 Å². The number of rotatable bonds is 9. The summed E-state index contributed by atoms with van der Waals surface area (Å²) >= 11 is 0. The number of benzene rings is 2. The molecule has 1 aliphatic heterocycles. The number of carbonyl (C=O) groups excluding carboxylic acids is 2. The van der Waals surface area contributed by atoms with Crippen molar-refractivity contribution in [1.82, 2.24) is 14.5 Å². The third kappa shape index (κ3) is 7.20. The predicted molar refractivity (Wildman–Crippen MR) is 148 cm³/mol. The van der Waals surface area contributed by atoms with E-state index in [1.165, 1.54) is 36.7 Å². The molecule has 0 radical (unpaired) electrons. The number of aliphatic hydroxyl groups excluding tert-OH is 1. The highest BCUT2D eigenvalue weighted by molar-refractivity contribution is 7.89. The number of anilines is 1. The molecule has 214 valence electrons. The summed E-state index contributed by atoms with van der Waals surface area (Å²) in [5.41, 5.74) is 0.597. The molecule has 0 saturated heterocycles. The van der Waals surface area contributed by atoms with Gasteiger partial charge in [-0.3, -0.25) is 4.79 Å². The van der Waals surface area contributed by atoms with Crippen molar-refractivity contribution in [2.45, 2.75) is 50.8 Å². The van der Waals surface area contributed by atoms with Gasteiger partial charge in [0.25, 0.3) is 5.91 Å². The van der Waals surface area contributed by atoms with Gasteiger partial charge in [0.15, 0.2) is 0 Å². The van der Waals surface area contributed by atoms with Crippen LogP contribution in [0.4, 0.5) is 10.5 Å². The van der Waals surface area contributed by atoms with E-state index >= 15 is 0 Å². The predicted octanol–water partition coefficient (Wildman–Crippen LogP) is 2.77. The first-order chi connectivity index (χ1) is 18.4. The summed E-state index contributed by atoms with van der Waals surface area (Å²) in [6.07, 6.45) is -0.619. The molecule has 0 bridgehead atoms. The molecular weight excluding hydrogens is 524 g/mol. The van der Waals surface area contributed by atoms with Gasteiger partial charge in [0.05, 0.1) is 36.8 Å². The number of amides is 3. The molecule has 1 heterocycles. The fraction of sp³-hybridized carbons (Fsp3) is 0.481. The molecular formula is C27H38N4O7S. The quantitative estimate of drug-likeness (QED) is 0.427. The van der Waals surface area contributed by atoms with Crippen LogP contribution in [0.2, 0.25) is 0 Å². The van der Waals surface area contributed by atoms with Crippen LogP contribution >= 0.6 is 0 Å². The molecule has 1 aliphatic rings. The highest BCUT2D eigenvalue weighted by atomic mass is 32.2. The first-order valence-corrected chi connectivity index (χ1v) is 14.2. The average molecular weight is 563 g/mol. The maximum atomic E-state index is 13.6. The van der Waals surface area contributed by atoms with Gasteiger partial charge in [-0.15, -0.1) is 0 Å². The van der Waals surface area contributed by atoms with Crippen LogP contribution in [0, 0.1) is 5.92 Å². The van der Waals surface area contributed by atoms with E-state index in [1.54, 1.807) is 36.1 Å².